The molecule has 14 heavy (non-hydrogen) atoms. The molecule has 0 amide bonds. The maximum atomic E-state index is 12.0. The average Bonchev–Trinajstić information content (AvgIpc) is 3.00. The molecule has 0 saturated carbocycles. The van der Waals surface area contributed by atoms with Gasteiger partial charge in [-0.15, -0.1) is 0 Å². The number of sulfone groups is 1. The highest BCUT2D eigenvalue weighted by molar-refractivity contribution is 7.93. The summed E-state index contributed by atoms with van der Waals surface area (Å²) in [5, 5.41) is 0. The van der Waals surface area contributed by atoms with E-state index in [1.165, 1.54) is 6.08 Å². The summed E-state index contributed by atoms with van der Waals surface area (Å²) in [5.41, 5.74) is 0. The quantitative estimate of drug-likeness (QED) is 0.559. The van der Waals surface area contributed by atoms with Crippen molar-refractivity contribution in [1.29, 1.82) is 0 Å². The van der Waals surface area contributed by atoms with E-state index in [4.69, 9.17) is 4.74 Å². The highest BCUT2D eigenvalue weighted by Gasteiger charge is 2.54. The summed E-state index contributed by atoms with van der Waals surface area (Å²) in [7, 11) is -3.42. The van der Waals surface area contributed by atoms with Crippen LogP contribution in [0.5, 0.6) is 0 Å². The summed E-state index contributed by atoms with van der Waals surface area (Å²) in [5.74, 6) is 0. The maximum Gasteiger partial charge on any atom is 0.215 e. The van der Waals surface area contributed by atoms with Gasteiger partial charge in [0.25, 0.3) is 0 Å². The summed E-state index contributed by atoms with van der Waals surface area (Å²) in [6.07, 6.45) is 1.34. The third kappa shape index (κ3) is 1.19. The molecule has 0 radical (unpaired) electrons. The Morgan fingerprint density at radius 3 is 2.36 bits per heavy atom. The average molecular weight is 210 g/mol. The van der Waals surface area contributed by atoms with Gasteiger partial charge in [0.15, 0.2) is 0 Å². The molecule has 74 valence electrons. The molecule has 4 heteroatoms. The summed E-state index contributed by atoms with van der Waals surface area (Å²) in [4.78, 5) is -0.897. The van der Waals surface area contributed by atoms with Gasteiger partial charge in [0.2, 0.25) is 14.8 Å². The molecule has 0 aliphatic carbocycles. The molecule has 3 nitrogen and oxygen atoms in total. The minimum absolute atomic E-state index is 0.202. The molecule has 1 aromatic carbocycles. The zero-order chi connectivity index (χ0) is 10.2. The van der Waals surface area contributed by atoms with Crippen molar-refractivity contribution < 1.29 is 13.2 Å². The van der Waals surface area contributed by atoms with E-state index in [2.05, 4.69) is 6.58 Å². The van der Waals surface area contributed by atoms with E-state index in [1.54, 1.807) is 30.3 Å². The van der Waals surface area contributed by atoms with Crippen molar-refractivity contribution >= 4 is 9.84 Å². The molecule has 1 aliphatic rings. The van der Waals surface area contributed by atoms with Crippen LogP contribution in [-0.4, -0.2) is 20.0 Å². The minimum Gasteiger partial charge on any atom is -0.349 e. The van der Waals surface area contributed by atoms with Crippen molar-refractivity contribution in [3.05, 3.63) is 43.0 Å². The smallest absolute Gasteiger partial charge is 0.215 e. The normalized spacial score (nSPS) is 25.7. The molecule has 1 aromatic rings. The van der Waals surface area contributed by atoms with E-state index < -0.39 is 14.8 Å². The summed E-state index contributed by atoms with van der Waals surface area (Å²) < 4.78 is 28.9. The van der Waals surface area contributed by atoms with Crippen molar-refractivity contribution in [2.24, 2.45) is 0 Å². The predicted molar refractivity (Wildman–Crippen MR) is 52.5 cm³/mol. The van der Waals surface area contributed by atoms with Gasteiger partial charge in [0.1, 0.15) is 0 Å². The number of benzene rings is 1. The first kappa shape index (κ1) is 9.43. The lowest BCUT2D eigenvalue weighted by atomic mass is 10.4. The van der Waals surface area contributed by atoms with Crippen molar-refractivity contribution in [3.8, 4) is 0 Å². The number of rotatable bonds is 3. The van der Waals surface area contributed by atoms with Crippen LogP contribution in [0.25, 0.3) is 0 Å². The molecular formula is C10H10O3S. The summed E-state index contributed by atoms with van der Waals surface area (Å²) in [6, 6.07) is 8.26. The second kappa shape index (κ2) is 2.93. The Kier molecular flexibility index (Phi) is 1.97. The lowest BCUT2D eigenvalue weighted by Gasteiger charge is -2.07. The van der Waals surface area contributed by atoms with Gasteiger partial charge in [-0.25, -0.2) is 8.42 Å². The van der Waals surface area contributed by atoms with Gasteiger partial charge in [-0.3, -0.25) is 0 Å². The van der Waals surface area contributed by atoms with Crippen molar-refractivity contribution in [1.82, 2.24) is 0 Å². The van der Waals surface area contributed by atoms with E-state index >= 15 is 0 Å². The van der Waals surface area contributed by atoms with Gasteiger partial charge in [0, 0.05) is 0 Å². The summed E-state index contributed by atoms with van der Waals surface area (Å²) >= 11 is 0. The fourth-order valence-electron chi connectivity index (χ4n) is 1.25. The number of ether oxygens (including phenoxy) is 1. The second-order valence-electron chi connectivity index (χ2n) is 3.12. The van der Waals surface area contributed by atoms with E-state index in [0.29, 0.717) is 0 Å². The molecule has 0 N–H and O–H groups in total. The molecule has 1 aliphatic heterocycles. The van der Waals surface area contributed by atoms with E-state index in [0.717, 1.165) is 0 Å². The van der Waals surface area contributed by atoms with Gasteiger partial charge in [-0.05, 0) is 18.2 Å². The molecule has 0 bridgehead atoms. The standard InChI is InChI=1S/C10H10O3S/c1-2-10(8-13-10)14(11,12)9-6-4-3-5-7-9/h2-7H,1,8H2. The van der Waals surface area contributed by atoms with Crippen LogP contribution < -0.4 is 0 Å². The van der Waals surface area contributed by atoms with Crippen LogP contribution in [0, 0.1) is 0 Å². The highest BCUT2D eigenvalue weighted by atomic mass is 32.2. The van der Waals surface area contributed by atoms with Crippen LogP contribution in [0.2, 0.25) is 0 Å². The molecule has 1 unspecified atom stereocenters. The molecule has 2 rings (SSSR count). The van der Waals surface area contributed by atoms with Crippen LogP contribution in [0.3, 0.4) is 0 Å². The Morgan fingerprint density at radius 2 is 1.93 bits per heavy atom. The molecule has 1 heterocycles. The van der Waals surface area contributed by atoms with Crippen LogP contribution in [0.15, 0.2) is 47.9 Å². The lowest BCUT2D eigenvalue weighted by molar-refractivity contribution is 0.404. The van der Waals surface area contributed by atoms with Crippen molar-refractivity contribution in [2.75, 3.05) is 6.61 Å². The SMILES string of the molecule is C=CC1(S(=O)(=O)c2ccccc2)CO1. The highest BCUT2D eigenvalue weighted by Crippen LogP contribution is 2.38. The second-order valence-corrected chi connectivity index (χ2v) is 5.29. The van der Waals surface area contributed by atoms with E-state index in [1.807, 2.05) is 0 Å². The van der Waals surface area contributed by atoms with E-state index in [9.17, 15) is 8.42 Å². The van der Waals surface area contributed by atoms with Gasteiger partial charge < -0.3 is 4.74 Å². The number of hydrogen-bond acceptors (Lipinski definition) is 3. The van der Waals surface area contributed by atoms with Gasteiger partial charge in [0.05, 0.1) is 11.5 Å². The van der Waals surface area contributed by atoms with Crippen molar-refractivity contribution in [3.63, 3.8) is 0 Å². The molecule has 0 aromatic heterocycles. The fraction of sp³-hybridized carbons (Fsp3) is 0.200. The molecule has 1 saturated heterocycles. The Balaban J connectivity index is 2.49. The fourth-order valence-corrected chi connectivity index (χ4v) is 2.76. The van der Waals surface area contributed by atoms with E-state index in [-0.39, 0.29) is 11.5 Å². The Labute approximate surface area is 82.9 Å². The molecule has 0 spiro atoms. The molecule has 1 atom stereocenters. The summed E-state index contributed by atoms with van der Waals surface area (Å²) in [6.45, 7) is 3.68. The largest absolute Gasteiger partial charge is 0.349 e. The van der Waals surface area contributed by atoms with Crippen LogP contribution in [-0.2, 0) is 14.6 Å². The van der Waals surface area contributed by atoms with Crippen LogP contribution in [0.4, 0.5) is 0 Å². The first-order chi connectivity index (χ1) is 6.62. The lowest BCUT2D eigenvalue weighted by Crippen LogP contribution is -2.22. The Morgan fingerprint density at radius 1 is 1.36 bits per heavy atom. The minimum atomic E-state index is -3.42. The number of hydrogen-bond donors (Lipinski definition) is 0. The van der Waals surface area contributed by atoms with Crippen LogP contribution in [0.1, 0.15) is 0 Å². The van der Waals surface area contributed by atoms with Gasteiger partial charge in [-0.1, -0.05) is 24.8 Å². The Hall–Kier alpha value is -1.13. The first-order valence-electron chi connectivity index (χ1n) is 4.20. The molecule has 1 fully saturated rings. The van der Waals surface area contributed by atoms with Gasteiger partial charge >= 0.3 is 0 Å². The molecular weight excluding hydrogens is 200 g/mol. The Bertz CT molecular complexity index is 444. The predicted octanol–water partition coefficient (Wildman–Crippen LogP) is 1.37. The number of epoxide rings is 1. The monoisotopic (exact) mass is 210 g/mol. The topological polar surface area (TPSA) is 46.7 Å². The van der Waals surface area contributed by atoms with Gasteiger partial charge in [-0.2, -0.15) is 0 Å². The first-order valence-corrected chi connectivity index (χ1v) is 5.68. The third-order valence-electron chi connectivity index (χ3n) is 2.25. The van der Waals surface area contributed by atoms with Crippen LogP contribution >= 0.6 is 0 Å². The zero-order valence-electron chi connectivity index (χ0n) is 7.51. The van der Waals surface area contributed by atoms with Crippen molar-refractivity contribution in [2.45, 2.75) is 9.83 Å². The maximum absolute atomic E-state index is 12.0. The third-order valence-corrected chi connectivity index (χ3v) is 4.45. The zero-order valence-corrected chi connectivity index (χ0v) is 8.33.